The van der Waals surface area contributed by atoms with Gasteiger partial charge in [0.1, 0.15) is 16.9 Å². The van der Waals surface area contributed by atoms with Crippen LogP contribution in [0, 0.1) is 0 Å². The van der Waals surface area contributed by atoms with Gasteiger partial charge in [0.05, 0.1) is 3.79 Å². The molecule has 1 aliphatic heterocycles. The highest BCUT2D eigenvalue weighted by Crippen LogP contribution is 2.29. The Morgan fingerprint density at radius 2 is 1.92 bits per heavy atom. The fourth-order valence-corrected chi connectivity index (χ4v) is 5.85. The van der Waals surface area contributed by atoms with E-state index >= 15 is 0 Å². The SMILES string of the molecule is C[C@@H](OCC(F)(F)F)C(=O)N1CCN(S(=O)(=O)c2ccc(Br)s2)CC1. The molecule has 0 bridgehead atoms. The van der Waals surface area contributed by atoms with Gasteiger partial charge in [0, 0.05) is 26.2 Å². The van der Waals surface area contributed by atoms with Gasteiger partial charge in [-0.05, 0) is 35.0 Å². The minimum absolute atomic E-state index is 0.0790. The highest BCUT2D eigenvalue weighted by Gasteiger charge is 2.34. The molecule has 142 valence electrons. The molecule has 1 aromatic rings. The molecule has 1 aromatic heterocycles. The molecular weight excluding hydrogens is 449 g/mol. The predicted molar refractivity (Wildman–Crippen MR) is 88.8 cm³/mol. The first-order valence-electron chi connectivity index (χ1n) is 7.23. The second kappa shape index (κ2) is 7.91. The lowest BCUT2D eigenvalue weighted by atomic mass is 10.3. The highest BCUT2D eigenvalue weighted by atomic mass is 79.9. The van der Waals surface area contributed by atoms with Gasteiger partial charge in [0.25, 0.3) is 15.9 Å². The monoisotopic (exact) mass is 464 g/mol. The maximum Gasteiger partial charge on any atom is 0.411 e. The van der Waals surface area contributed by atoms with Crippen molar-refractivity contribution in [2.24, 2.45) is 0 Å². The number of amides is 1. The number of ether oxygens (including phenoxy) is 1. The number of carbonyl (C=O) groups is 1. The molecule has 12 heteroatoms. The van der Waals surface area contributed by atoms with Crippen LogP contribution in [0.2, 0.25) is 0 Å². The molecule has 0 saturated carbocycles. The van der Waals surface area contributed by atoms with Crippen LogP contribution in [0.3, 0.4) is 0 Å². The van der Waals surface area contributed by atoms with E-state index < -0.39 is 34.8 Å². The Labute approximate surface area is 155 Å². The highest BCUT2D eigenvalue weighted by molar-refractivity contribution is 9.11. The summed E-state index contributed by atoms with van der Waals surface area (Å²) in [5, 5.41) is 0. The van der Waals surface area contributed by atoms with E-state index in [0.29, 0.717) is 3.79 Å². The van der Waals surface area contributed by atoms with Crippen LogP contribution in [-0.2, 0) is 19.6 Å². The second-order valence-corrected chi connectivity index (χ2v) is 9.98. The summed E-state index contributed by atoms with van der Waals surface area (Å²) in [6.45, 7) is 0.113. The molecule has 0 spiro atoms. The molecule has 0 aliphatic carbocycles. The van der Waals surface area contributed by atoms with Crippen LogP contribution in [0.1, 0.15) is 6.92 Å². The van der Waals surface area contributed by atoms with Crippen molar-refractivity contribution in [3.05, 3.63) is 15.9 Å². The molecule has 25 heavy (non-hydrogen) atoms. The molecule has 2 rings (SSSR count). The molecule has 1 saturated heterocycles. The number of carbonyl (C=O) groups excluding carboxylic acids is 1. The maximum atomic E-state index is 12.5. The van der Waals surface area contributed by atoms with E-state index in [4.69, 9.17) is 0 Å². The molecule has 6 nitrogen and oxygen atoms in total. The van der Waals surface area contributed by atoms with Crippen molar-refractivity contribution in [2.45, 2.75) is 23.4 Å². The van der Waals surface area contributed by atoms with Crippen molar-refractivity contribution in [3.63, 3.8) is 0 Å². The van der Waals surface area contributed by atoms with Gasteiger partial charge < -0.3 is 9.64 Å². The van der Waals surface area contributed by atoms with Gasteiger partial charge >= 0.3 is 6.18 Å². The lowest BCUT2D eigenvalue weighted by molar-refractivity contribution is -0.188. The predicted octanol–water partition coefficient (Wildman–Crippen LogP) is 2.31. The average molecular weight is 465 g/mol. The van der Waals surface area contributed by atoms with E-state index in [1.165, 1.54) is 22.2 Å². The van der Waals surface area contributed by atoms with Crippen molar-refractivity contribution in [3.8, 4) is 0 Å². The van der Waals surface area contributed by atoms with Gasteiger partial charge in [0.2, 0.25) is 0 Å². The Hall–Kier alpha value is -0.690. The van der Waals surface area contributed by atoms with Crippen molar-refractivity contribution in [2.75, 3.05) is 32.8 Å². The van der Waals surface area contributed by atoms with Gasteiger partial charge in [-0.3, -0.25) is 4.79 Å². The average Bonchev–Trinajstić information content (AvgIpc) is 2.98. The molecule has 2 heterocycles. The first-order valence-corrected chi connectivity index (χ1v) is 10.3. The zero-order chi connectivity index (χ0) is 18.8. The lowest BCUT2D eigenvalue weighted by Crippen LogP contribution is -2.52. The number of nitrogens with zero attached hydrogens (tertiary/aromatic N) is 2. The van der Waals surface area contributed by atoms with Crippen LogP contribution in [0.25, 0.3) is 0 Å². The Kier molecular flexibility index (Phi) is 6.52. The summed E-state index contributed by atoms with van der Waals surface area (Å²) in [7, 11) is -3.64. The van der Waals surface area contributed by atoms with Crippen LogP contribution < -0.4 is 0 Å². The summed E-state index contributed by atoms with van der Waals surface area (Å²) in [5.74, 6) is -0.583. The van der Waals surface area contributed by atoms with Crippen LogP contribution in [0.4, 0.5) is 13.2 Å². The minimum atomic E-state index is -4.50. The molecular formula is C13H16BrF3N2O4S2. The Morgan fingerprint density at radius 1 is 1.32 bits per heavy atom. The zero-order valence-electron chi connectivity index (χ0n) is 13.1. The van der Waals surface area contributed by atoms with Crippen molar-refractivity contribution in [1.82, 2.24) is 9.21 Å². The first kappa shape index (κ1) is 20.6. The molecule has 1 fully saturated rings. The van der Waals surface area contributed by atoms with Crippen LogP contribution >= 0.6 is 27.3 Å². The molecule has 0 N–H and O–H groups in total. The number of sulfonamides is 1. The summed E-state index contributed by atoms with van der Waals surface area (Å²) in [6, 6.07) is 3.13. The topological polar surface area (TPSA) is 66.9 Å². The Bertz CT molecular complexity index is 715. The van der Waals surface area contributed by atoms with E-state index in [1.807, 2.05) is 0 Å². The van der Waals surface area contributed by atoms with Crippen LogP contribution in [0.5, 0.6) is 0 Å². The standard InChI is InChI=1S/C13H16BrF3N2O4S2/c1-9(23-8-13(15,16)17)12(20)18-4-6-19(7-5-18)25(21,22)11-3-2-10(14)24-11/h2-3,9H,4-8H2,1H3/t9-/m1/s1. The molecule has 0 aromatic carbocycles. The molecule has 0 unspecified atom stereocenters. The number of rotatable bonds is 5. The van der Waals surface area contributed by atoms with E-state index in [0.717, 1.165) is 11.3 Å². The van der Waals surface area contributed by atoms with Crippen molar-refractivity contribution < 1.29 is 31.1 Å². The third kappa shape index (κ3) is 5.39. The van der Waals surface area contributed by atoms with E-state index in [9.17, 15) is 26.4 Å². The molecule has 0 radical (unpaired) electrons. The second-order valence-electron chi connectivity index (χ2n) is 5.36. The van der Waals surface area contributed by atoms with Gasteiger partial charge in [-0.1, -0.05) is 0 Å². The minimum Gasteiger partial charge on any atom is -0.359 e. The molecule has 1 atom stereocenters. The quantitative estimate of drug-likeness (QED) is 0.670. The summed E-state index contributed by atoms with van der Waals surface area (Å²) < 4.78 is 68.1. The van der Waals surface area contributed by atoms with E-state index in [2.05, 4.69) is 20.7 Å². The molecule has 1 aliphatic rings. The Morgan fingerprint density at radius 3 is 2.40 bits per heavy atom. The fourth-order valence-electron chi connectivity index (χ4n) is 2.26. The van der Waals surface area contributed by atoms with Gasteiger partial charge in [-0.25, -0.2) is 8.42 Å². The third-order valence-electron chi connectivity index (χ3n) is 3.54. The first-order chi connectivity index (χ1) is 11.5. The smallest absolute Gasteiger partial charge is 0.359 e. The van der Waals surface area contributed by atoms with Crippen molar-refractivity contribution >= 4 is 43.2 Å². The lowest BCUT2D eigenvalue weighted by Gasteiger charge is -2.34. The van der Waals surface area contributed by atoms with E-state index in [-0.39, 0.29) is 30.4 Å². The summed E-state index contributed by atoms with van der Waals surface area (Å²) >= 11 is 4.30. The Balaban J connectivity index is 1.91. The van der Waals surface area contributed by atoms with Crippen LogP contribution in [-0.4, -0.2) is 68.6 Å². The number of hydrogen-bond acceptors (Lipinski definition) is 5. The summed E-state index contributed by atoms with van der Waals surface area (Å²) in [5.41, 5.74) is 0. The number of piperazine rings is 1. The third-order valence-corrected chi connectivity index (χ3v) is 7.53. The maximum absolute atomic E-state index is 12.5. The fraction of sp³-hybridized carbons (Fsp3) is 0.615. The van der Waals surface area contributed by atoms with Gasteiger partial charge in [-0.2, -0.15) is 17.5 Å². The number of hydrogen-bond donors (Lipinski definition) is 0. The number of thiophene rings is 1. The van der Waals surface area contributed by atoms with Crippen LogP contribution in [0.15, 0.2) is 20.1 Å². The van der Waals surface area contributed by atoms with Gasteiger partial charge in [-0.15, -0.1) is 11.3 Å². The van der Waals surface area contributed by atoms with Crippen molar-refractivity contribution in [1.29, 1.82) is 0 Å². The van der Waals surface area contributed by atoms with Gasteiger partial charge in [0.15, 0.2) is 0 Å². The largest absolute Gasteiger partial charge is 0.411 e. The summed E-state index contributed by atoms with van der Waals surface area (Å²) in [4.78, 5) is 13.4. The van der Waals surface area contributed by atoms with E-state index in [1.54, 1.807) is 6.07 Å². The molecule has 1 amide bonds. The number of alkyl halides is 3. The number of halogens is 4. The summed E-state index contributed by atoms with van der Waals surface area (Å²) in [6.07, 6.45) is -5.74. The zero-order valence-corrected chi connectivity index (χ0v) is 16.3. The normalized spacial score (nSPS) is 18.4.